The number of methoxy groups -OCH3 is 2. The van der Waals surface area contributed by atoms with Gasteiger partial charge in [-0.25, -0.2) is 0 Å². The van der Waals surface area contributed by atoms with Crippen LogP contribution in [-0.2, 0) is 17.9 Å². The predicted molar refractivity (Wildman–Crippen MR) is 159 cm³/mol. The molecule has 2 aromatic carbocycles. The Bertz CT molecular complexity index is 1550. The van der Waals surface area contributed by atoms with Gasteiger partial charge in [-0.2, -0.15) is 0 Å². The topological polar surface area (TPSA) is 77.7 Å². The summed E-state index contributed by atoms with van der Waals surface area (Å²) < 4.78 is 14.9. The first-order chi connectivity index (χ1) is 19.9. The second-order valence-electron chi connectivity index (χ2n) is 11.4. The van der Waals surface area contributed by atoms with Crippen LogP contribution in [0.25, 0.3) is 16.6 Å². The van der Waals surface area contributed by atoms with Crippen LogP contribution in [0.15, 0.2) is 67.0 Å². The van der Waals surface area contributed by atoms with Crippen LogP contribution < -0.4 is 14.8 Å². The molecule has 1 saturated carbocycles. The van der Waals surface area contributed by atoms with Crippen molar-refractivity contribution in [2.24, 2.45) is 0 Å². The van der Waals surface area contributed by atoms with Crippen molar-refractivity contribution in [1.29, 1.82) is 0 Å². The number of nitrogens with zero attached hydrogens (tertiary/aromatic N) is 3. The van der Waals surface area contributed by atoms with Crippen LogP contribution in [0, 0.1) is 0 Å². The number of rotatable bonds is 7. The van der Waals surface area contributed by atoms with Crippen molar-refractivity contribution in [2.75, 3.05) is 14.2 Å². The molecule has 1 atom stereocenters. The second kappa shape index (κ2) is 11.0. The lowest BCUT2D eigenvalue weighted by atomic mass is 9.92. The quantitative estimate of drug-likeness (QED) is 0.297. The van der Waals surface area contributed by atoms with Gasteiger partial charge in [0, 0.05) is 30.4 Å². The van der Waals surface area contributed by atoms with E-state index in [1.54, 1.807) is 19.1 Å². The van der Waals surface area contributed by atoms with Gasteiger partial charge in [0.05, 0.1) is 32.0 Å². The van der Waals surface area contributed by atoms with Gasteiger partial charge in [-0.15, -0.1) is 0 Å². The minimum atomic E-state index is -1.10. The summed E-state index contributed by atoms with van der Waals surface area (Å²) in [5, 5.41) is 4.27. The molecule has 3 heterocycles. The Hall–Kier alpha value is -4.20. The molecule has 214 valence electrons. The molecule has 0 unspecified atom stereocenters. The van der Waals surface area contributed by atoms with E-state index in [9.17, 15) is 9.59 Å². The van der Waals surface area contributed by atoms with Crippen molar-refractivity contribution >= 4 is 22.7 Å². The molecule has 1 fully saturated rings. The fraction of sp³-hybridized carbons (Fsp3) is 0.394. The third-order valence-electron chi connectivity index (χ3n) is 8.80. The lowest BCUT2D eigenvalue weighted by molar-refractivity contribution is -0.134. The maximum absolute atomic E-state index is 14.7. The molecule has 1 N–H and O–H groups in total. The van der Waals surface area contributed by atoms with E-state index in [4.69, 9.17) is 9.47 Å². The Morgan fingerprint density at radius 2 is 1.61 bits per heavy atom. The number of amides is 2. The molecular weight excluding hydrogens is 516 g/mol. The molecule has 41 heavy (non-hydrogen) atoms. The standard InChI is InChI=1S/C33H38N4O4/c1-33(32(39)34-24-10-6-4-5-7-11-24)22-36-28-17-16-26(41-3)20-27(28)29(35-18-8-9-19-35)30(36)31(38)37(33)21-23-12-14-25(40-2)15-13-23/h8-9,12-20,24H,4-7,10-11,21-22H2,1-3H3,(H,34,39)/t33-/m1/s1. The smallest absolute Gasteiger partial charge is 0.273 e. The van der Waals surface area contributed by atoms with Gasteiger partial charge in [0.25, 0.3) is 5.91 Å². The van der Waals surface area contributed by atoms with E-state index in [-0.39, 0.29) is 17.9 Å². The molecule has 8 nitrogen and oxygen atoms in total. The number of carbonyl (C=O) groups is 2. The summed E-state index contributed by atoms with van der Waals surface area (Å²) in [5.41, 5.74) is 2.09. The molecule has 0 spiro atoms. The molecule has 2 amide bonds. The molecule has 8 heteroatoms. The zero-order valence-electron chi connectivity index (χ0n) is 24.1. The predicted octanol–water partition coefficient (Wildman–Crippen LogP) is 5.70. The number of aromatic nitrogens is 2. The summed E-state index contributed by atoms with van der Waals surface area (Å²) in [6.07, 6.45) is 10.5. The number of benzene rings is 2. The van der Waals surface area contributed by atoms with Crippen molar-refractivity contribution in [3.63, 3.8) is 0 Å². The van der Waals surface area contributed by atoms with Crippen LogP contribution in [0.5, 0.6) is 11.5 Å². The summed E-state index contributed by atoms with van der Waals surface area (Å²) >= 11 is 0. The highest BCUT2D eigenvalue weighted by Gasteiger charge is 2.49. The van der Waals surface area contributed by atoms with Crippen molar-refractivity contribution < 1.29 is 19.1 Å². The average Bonchev–Trinajstić information content (AvgIpc) is 3.54. The van der Waals surface area contributed by atoms with Gasteiger partial charge in [-0.05, 0) is 67.8 Å². The van der Waals surface area contributed by atoms with E-state index in [1.165, 1.54) is 12.8 Å². The largest absolute Gasteiger partial charge is 0.497 e. The molecule has 2 aliphatic rings. The van der Waals surface area contributed by atoms with Gasteiger partial charge in [0.2, 0.25) is 5.91 Å². The normalized spacial score (nSPS) is 19.6. The van der Waals surface area contributed by atoms with Crippen molar-refractivity contribution in [3.8, 4) is 17.2 Å². The van der Waals surface area contributed by atoms with Crippen molar-refractivity contribution in [2.45, 2.75) is 70.1 Å². The maximum atomic E-state index is 14.7. The Balaban J connectivity index is 1.48. The van der Waals surface area contributed by atoms with Gasteiger partial charge in [-0.1, -0.05) is 37.8 Å². The zero-order valence-corrected chi connectivity index (χ0v) is 24.1. The fourth-order valence-electron chi connectivity index (χ4n) is 6.43. The van der Waals surface area contributed by atoms with Gasteiger partial charge >= 0.3 is 0 Å². The van der Waals surface area contributed by atoms with E-state index in [0.29, 0.717) is 24.5 Å². The molecule has 0 saturated heterocycles. The van der Waals surface area contributed by atoms with Crippen LogP contribution in [0.4, 0.5) is 0 Å². The maximum Gasteiger partial charge on any atom is 0.273 e. The summed E-state index contributed by atoms with van der Waals surface area (Å²) in [6, 6.07) is 17.6. The third-order valence-corrected chi connectivity index (χ3v) is 8.80. The summed E-state index contributed by atoms with van der Waals surface area (Å²) in [5.74, 6) is 1.18. The number of hydrogen-bond acceptors (Lipinski definition) is 4. The van der Waals surface area contributed by atoms with E-state index in [2.05, 4.69) is 5.32 Å². The van der Waals surface area contributed by atoms with Gasteiger partial charge in [0.1, 0.15) is 22.7 Å². The summed E-state index contributed by atoms with van der Waals surface area (Å²) in [6.45, 7) is 2.55. The van der Waals surface area contributed by atoms with E-state index in [1.807, 2.05) is 83.0 Å². The van der Waals surface area contributed by atoms with Crippen molar-refractivity contribution in [1.82, 2.24) is 19.4 Å². The van der Waals surface area contributed by atoms with E-state index < -0.39 is 5.54 Å². The van der Waals surface area contributed by atoms with Crippen LogP contribution in [0.2, 0.25) is 0 Å². The molecule has 2 aromatic heterocycles. The first kappa shape index (κ1) is 27.0. The SMILES string of the molecule is COc1ccc(CN2C(=O)c3c(-n4cccc4)c4cc(OC)ccc4n3C[C@]2(C)C(=O)NC2CCCCCC2)cc1. The van der Waals surface area contributed by atoms with Crippen LogP contribution in [0.1, 0.15) is 61.5 Å². The molecule has 0 radical (unpaired) electrons. The Morgan fingerprint density at radius 1 is 0.951 bits per heavy atom. The lowest BCUT2D eigenvalue weighted by Gasteiger charge is -2.45. The van der Waals surface area contributed by atoms with Gasteiger partial charge < -0.3 is 28.8 Å². The number of fused-ring (bicyclic) bond motifs is 3. The molecule has 4 aromatic rings. The van der Waals surface area contributed by atoms with Gasteiger partial charge in [0.15, 0.2) is 0 Å². The Morgan fingerprint density at radius 3 is 2.27 bits per heavy atom. The van der Waals surface area contributed by atoms with Crippen LogP contribution in [0.3, 0.4) is 0 Å². The third kappa shape index (κ3) is 4.85. The molecule has 0 bridgehead atoms. The highest BCUT2D eigenvalue weighted by atomic mass is 16.5. The number of carbonyl (C=O) groups excluding carboxylic acids is 2. The summed E-state index contributed by atoms with van der Waals surface area (Å²) in [7, 11) is 3.28. The van der Waals surface area contributed by atoms with E-state index in [0.717, 1.165) is 53.6 Å². The Kier molecular flexibility index (Phi) is 7.24. The second-order valence-corrected chi connectivity index (χ2v) is 11.4. The highest BCUT2D eigenvalue weighted by molar-refractivity contribution is 6.09. The minimum absolute atomic E-state index is 0.102. The van der Waals surface area contributed by atoms with Crippen molar-refractivity contribution in [3.05, 3.63) is 78.2 Å². The van der Waals surface area contributed by atoms with Crippen LogP contribution >= 0.6 is 0 Å². The van der Waals surface area contributed by atoms with E-state index >= 15 is 0 Å². The highest BCUT2D eigenvalue weighted by Crippen LogP contribution is 2.40. The first-order valence-corrected chi connectivity index (χ1v) is 14.5. The zero-order chi connectivity index (χ0) is 28.6. The molecule has 1 aliphatic heterocycles. The monoisotopic (exact) mass is 554 g/mol. The fourth-order valence-corrected chi connectivity index (χ4v) is 6.43. The Labute approximate surface area is 240 Å². The lowest BCUT2D eigenvalue weighted by Crippen LogP contribution is -2.64. The van der Waals surface area contributed by atoms with Crippen LogP contribution in [-0.4, -0.2) is 51.6 Å². The van der Waals surface area contributed by atoms with Gasteiger partial charge in [-0.3, -0.25) is 9.59 Å². The molecule has 1 aliphatic carbocycles. The average molecular weight is 555 g/mol. The number of hydrogen-bond donors (Lipinski definition) is 1. The minimum Gasteiger partial charge on any atom is -0.497 e. The molecular formula is C33H38N4O4. The molecule has 6 rings (SSSR count). The summed E-state index contributed by atoms with van der Waals surface area (Å²) in [4.78, 5) is 30.7. The first-order valence-electron chi connectivity index (χ1n) is 14.5. The number of nitrogens with one attached hydrogen (secondary N) is 1. The number of ether oxygens (including phenoxy) is 2.